The molecule has 0 fully saturated rings. The minimum Gasteiger partial charge on any atom is -0.456 e. The molecule has 10 aromatic carbocycles. The van der Waals surface area contributed by atoms with Crippen LogP contribution in [0.3, 0.4) is 0 Å². The molecule has 3 nitrogen and oxygen atoms in total. The van der Waals surface area contributed by atoms with Crippen molar-refractivity contribution < 1.29 is 8.83 Å². The van der Waals surface area contributed by atoms with Gasteiger partial charge in [0.05, 0.1) is 0 Å². The first-order valence-electron chi connectivity index (χ1n) is 22.7. The lowest BCUT2D eigenvalue weighted by molar-refractivity contribution is 0.660. The summed E-state index contributed by atoms with van der Waals surface area (Å²) in [5, 5.41) is 4.56. The summed E-state index contributed by atoms with van der Waals surface area (Å²) in [7, 11) is 0. The molecule has 66 heavy (non-hydrogen) atoms. The van der Waals surface area contributed by atoms with Crippen molar-refractivity contribution in [2.24, 2.45) is 0 Å². The SMILES string of the molecule is CC1(C)c2ccccc2-c2ccc(N(c3ccc(-c4ccc(-c5ccc(-c6ccc7oc8ccccc8c7c6)cc5)cc4)cc3)c3ccc(-c4ccc5oc6ccccc6c5c4)cc3)cc21. The van der Waals surface area contributed by atoms with Crippen LogP contribution in [0, 0.1) is 0 Å². The van der Waals surface area contributed by atoms with Crippen LogP contribution >= 0.6 is 0 Å². The predicted molar refractivity (Wildman–Crippen MR) is 275 cm³/mol. The van der Waals surface area contributed by atoms with E-state index in [1.54, 1.807) is 0 Å². The van der Waals surface area contributed by atoms with Crippen LogP contribution in [-0.4, -0.2) is 0 Å². The number of furan rings is 2. The zero-order valence-corrected chi connectivity index (χ0v) is 36.6. The van der Waals surface area contributed by atoms with Crippen LogP contribution in [0.4, 0.5) is 17.1 Å². The Labute approximate surface area is 383 Å². The Bertz CT molecular complexity index is 3810. The van der Waals surface area contributed by atoms with Crippen molar-refractivity contribution in [3.63, 3.8) is 0 Å². The number of anilines is 3. The molecular formula is C63H43NO2. The van der Waals surface area contributed by atoms with Gasteiger partial charge in [-0.1, -0.05) is 166 Å². The van der Waals surface area contributed by atoms with Gasteiger partial charge in [0, 0.05) is 44.0 Å². The van der Waals surface area contributed by atoms with Gasteiger partial charge in [-0.3, -0.25) is 0 Å². The molecule has 0 bridgehead atoms. The maximum Gasteiger partial charge on any atom is 0.135 e. The zero-order chi connectivity index (χ0) is 43.9. The highest BCUT2D eigenvalue weighted by atomic mass is 16.3. The molecule has 0 atom stereocenters. The van der Waals surface area contributed by atoms with Gasteiger partial charge in [-0.05, 0) is 140 Å². The third-order valence-corrected chi connectivity index (χ3v) is 13.9. The maximum atomic E-state index is 6.14. The molecule has 0 spiro atoms. The fraction of sp³-hybridized carbons (Fsp3) is 0.0476. The van der Waals surface area contributed by atoms with Crippen molar-refractivity contribution in [2.45, 2.75) is 19.3 Å². The van der Waals surface area contributed by atoms with Gasteiger partial charge in [0.1, 0.15) is 22.3 Å². The van der Waals surface area contributed by atoms with E-state index in [2.05, 4.69) is 219 Å². The van der Waals surface area contributed by atoms with E-state index in [0.717, 1.165) is 72.1 Å². The van der Waals surface area contributed by atoms with Crippen LogP contribution in [0.25, 0.3) is 99.5 Å². The summed E-state index contributed by atoms with van der Waals surface area (Å²) in [6.45, 7) is 4.70. The normalized spacial score (nSPS) is 12.8. The van der Waals surface area contributed by atoms with E-state index in [1.165, 1.54) is 55.6 Å². The van der Waals surface area contributed by atoms with Crippen LogP contribution in [0.15, 0.2) is 233 Å². The van der Waals surface area contributed by atoms with Crippen molar-refractivity contribution in [3.8, 4) is 55.6 Å². The van der Waals surface area contributed by atoms with E-state index in [0.29, 0.717) is 0 Å². The second-order valence-corrected chi connectivity index (χ2v) is 18.1. The fourth-order valence-electron chi connectivity index (χ4n) is 10.4. The average molecular weight is 846 g/mol. The van der Waals surface area contributed by atoms with Gasteiger partial charge >= 0.3 is 0 Å². The number of nitrogens with zero attached hydrogens (tertiary/aromatic N) is 1. The van der Waals surface area contributed by atoms with Gasteiger partial charge in [-0.2, -0.15) is 0 Å². The highest BCUT2D eigenvalue weighted by Crippen LogP contribution is 2.51. The summed E-state index contributed by atoms with van der Waals surface area (Å²) in [6.07, 6.45) is 0. The summed E-state index contributed by atoms with van der Waals surface area (Å²) >= 11 is 0. The molecular weight excluding hydrogens is 803 g/mol. The second kappa shape index (κ2) is 14.8. The third kappa shape index (κ3) is 6.19. The number of hydrogen-bond donors (Lipinski definition) is 0. The monoisotopic (exact) mass is 845 g/mol. The number of rotatable bonds is 7. The molecule has 1 aliphatic carbocycles. The largest absolute Gasteiger partial charge is 0.456 e. The molecule has 0 aliphatic heterocycles. The first-order chi connectivity index (χ1) is 32.4. The molecule has 0 saturated carbocycles. The molecule has 12 aromatic rings. The third-order valence-electron chi connectivity index (χ3n) is 13.9. The zero-order valence-electron chi connectivity index (χ0n) is 36.6. The lowest BCUT2D eigenvalue weighted by Gasteiger charge is -2.28. The van der Waals surface area contributed by atoms with E-state index in [9.17, 15) is 0 Å². The fourth-order valence-corrected chi connectivity index (χ4v) is 10.4. The van der Waals surface area contributed by atoms with Gasteiger partial charge in [0.2, 0.25) is 0 Å². The Hall–Kier alpha value is -8.40. The standard InChI is InChI=1S/C63H43NO2/c1-63(2)57-12-6-3-9-51(57)52-34-33-50(39-58(52)63)64(49-31-25-45(26-32-49)47-28-36-62-56(38-47)54-11-5-8-14-60(54)66-62)48-29-23-43(24-30-48)42-17-15-40(16-18-42)41-19-21-44(22-20-41)46-27-35-61-55(37-46)53-10-4-7-13-59(53)65-61/h3-39H,1-2H3. The van der Waals surface area contributed by atoms with Crippen LogP contribution in [-0.2, 0) is 5.41 Å². The van der Waals surface area contributed by atoms with Gasteiger partial charge in [0.15, 0.2) is 0 Å². The Morgan fingerprint density at radius 3 is 1.15 bits per heavy atom. The first kappa shape index (κ1) is 38.1. The van der Waals surface area contributed by atoms with E-state index in [-0.39, 0.29) is 5.41 Å². The van der Waals surface area contributed by atoms with Crippen LogP contribution in [0.5, 0.6) is 0 Å². The van der Waals surface area contributed by atoms with Gasteiger partial charge in [-0.15, -0.1) is 0 Å². The topological polar surface area (TPSA) is 29.5 Å². The molecule has 1 aliphatic rings. The van der Waals surface area contributed by atoms with Crippen molar-refractivity contribution in [2.75, 3.05) is 4.90 Å². The highest BCUT2D eigenvalue weighted by molar-refractivity contribution is 6.07. The molecule has 0 N–H and O–H groups in total. The minimum absolute atomic E-state index is 0.114. The molecule has 13 rings (SSSR count). The number of hydrogen-bond acceptors (Lipinski definition) is 3. The van der Waals surface area contributed by atoms with Crippen molar-refractivity contribution >= 4 is 60.9 Å². The summed E-state index contributed by atoms with van der Waals surface area (Å²) in [6, 6.07) is 81.1. The van der Waals surface area contributed by atoms with E-state index in [4.69, 9.17) is 8.83 Å². The van der Waals surface area contributed by atoms with Crippen LogP contribution in [0.2, 0.25) is 0 Å². The Balaban J connectivity index is 0.808. The lowest BCUT2D eigenvalue weighted by Crippen LogP contribution is -2.16. The van der Waals surface area contributed by atoms with Crippen molar-refractivity contribution in [1.82, 2.24) is 0 Å². The molecule has 0 saturated heterocycles. The number of fused-ring (bicyclic) bond motifs is 9. The van der Waals surface area contributed by atoms with E-state index in [1.807, 2.05) is 24.3 Å². The lowest BCUT2D eigenvalue weighted by atomic mass is 9.82. The van der Waals surface area contributed by atoms with Gasteiger partial charge in [-0.25, -0.2) is 0 Å². The molecule has 0 radical (unpaired) electrons. The molecule has 3 heteroatoms. The first-order valence-corrected chi connectivity index (χ1v) is 22.7. The summed E-state index contributed by atoms with van der Waals surface area (Å²) < 4.78 is 12.2. The number of para-hydroxylation sites is 2. The smallest absolute Gasteiger partial charge is 0.135 e. The average Bonchev–Trinajstić information content (AvgIpc) is 4.01. The summed E-state index contributed by atoms with van der Waals surface area (Å²) in [4.78, 5) is 2.39. The Kier molecular flexibility index (Phi) is 8.56. The second-order valence-electron chi connectivity index (χ2n) is 18.1. The Morgan fingerprint density at radius 1 is 0.288 bits per heavy atom. The number of benzene rings is 10. The molecule has 2 aromatic heterocycles. The molecule has 312 valence electrons. The molecule has 2 heterocycles. The summed E-state index contributed by atoms with van der Waals surface area (Å²) in [5.41, 5.74) is 21.6. The van der Waals surface area contributed by atoms with Gasteiger partial charge in [0.25, 0.3) is 0 Å². The summed E-state index contributed by atoms with van der Waals surface area (Å²) in [5.74, 6) is 0. The molecule has 0 amide bonds. The quantitative estimate of drug-likeness (QED) is 0.160. The van der Waals surface area contributed by atoms with Crippen LogP contribution < -0.4 is 4.90 Å². The Morgan fingerprint density at radius 2 is 0.652 bits per heavy atom. The van der Waals surface area contributed by atoms with E-state index < -0.39 is 0 Å². The molecule has 0 unspecified atom stereocenters. The minimum atomic E-state index is -0.114. The predicted octanol–water partition coefficient (Wildman–Crippen LogP) is 17.9. The van der Waals surface area contributed by atoms with Crippen molar-refractivity contribution in [3.05, 3.63) is 236 Å². The van der Waals surface area contributed by atoms with Gasteiger partial charge < -0.3 is 13.7 Å². The highest BCUT2D eigenvalue weighted by Gasteiger charge is 2.35. The maximum absolute atomic E-state index is 6.14. The van der Waals surface area contributed by atoms with Crippen molar-refractivity contribution in [1.29, 1.82) is 0 Å². The van der Waals surface area contributed by atoms with E-state index >= 15 is 0 Å². The van der Waals surface area contributed by atoms with Crippen LogP contribution in [0.1, 0.15) is 25.0 Å².